The number of hydrogen-bond donors (Lipinski definition) is 2. The van der Waals surface area contributed by atoms with Crippen molar-refractivity contribution in [3.63, 3.8) is 0 Å². The minimum absolute atomic E-state index is 0.0673. The van der Waals surface area contributed by atoms with Crippen LogP contribution in [0.3, 0.4) is 0 Å². The van der Waals surface area contributed by atoms with E-state index in [9.17, 15) is 4.79 Å². The minimum atomic E-state index is -0.608. The molecule has 106 valence electrons. The van der Waals surface area contributed by atoms with E-state index in [1.54, 1.807) is 19.1 Å². The highest BCUT2D eigenvalue weighted by Crippen LogP contribution is 2.08. The third kappa shape index (κ3) is 5.33. The Morgan fingerprint density at radius 3 is 2.17 bits per heavy atom. The summed E-state index contributed by atoms with van der Waals surface area (Å²) in [4.78, 5) is 13.8. The zero-order valence-electron chi connectivity index (χ0n) is 11.3. The lowest BCUT2D eigenvalue weighted by molar-refractivity contribution is -0.134. The lowest BCUT2D eigenvalue weighted by atomic mass is 10.0. The number of rotatable bonds is 9. The first-order valence-electron chi connectivity index (χ1n) is 5.86. The van der Waals surface area contributed by atoms with Crippen LogP contribution in [0.4, 0.5) is 0 Å². The third-order valence-electron chi connectivity index (χ3n) is 2.62. The molecule has 0 fully saturated rings. The quantitative estimate of drug-likeness (QED) is 0.261. The number of carbonyl (C=O) groups excluding carboxylic acids is 1. The molecular weight excluding hydrogens is 238 g/mol. The Kier molecular flexibility index (Phi) is 8.95. The van der Waals surface area contributed by atoms with Crippen molar-refractivity contribution in [1.82, 2.24) is 4.90 Å². The van der Waals surface area contributed by atoms with Crippen LogP contribution in [0.15, 0.2) is 5.16 Å². The van der Waals surface area contributed by atoms with E-state index < -0.39 is 5.92 Å². The van der Waals surface area contributed by atoms with E-state index in [0.717, 1.165) is 0 Å². The second kappa shape index (κ2) is 9.67. The average Bonchev–Trinajstić information content (AvgIpc) is 2.39. The van der Waals surface area contributed by atoms with Gasteiger partial charge in [0.2, 0.25) is 5.91 Å². The Morgan fingerprint density at radius 1 is 1.33 bits per heavy atom. The van der Waals surface area contributed by atoms with Crippen molar-refractivity contribution >= 4 is 11.7 Å². The molecule has 0 aromatic carbocycles. The highest BCUT2D eigenvalue weighted by Gasteiger charge is 2.26. The Hall–Kier alpha value is -1.34. The second-order valence-corrected chi connectivity index (χ2v) is 3.80. The van der Waals surface area contributed by atoms with Gasteiger partial charge in [0.05, 0.1) is 19.1 Å². The summed E-state index contributed by atoms with van der Waals surface area (Å²) in [6.45, 7) is 3.58. The molecule has 0 aliphatic heterocycles. The summed E-state index contributed by atoms with van der Waals surface area (Å²) in [5.41, 5.74) is 5.51. The molecule has 0 saturated carbocycles. The van der Waals surface area contributed by atoms with Gasteiger partial charge in [-0.25, -0.2) is 0 Å². The maximum atomic E-state index is 12.2. The molecule has 0 aliphatic rings. The summed E-state index contributed by atoms with van der Waals surface area (Å²) in [5, 5.41) is 11.6. The molecule has 7 nitrogen and oxygen atoms in total. The van der Waals surface area contributed by atoms with Gasteiger partial charge >= 0.3 is 0 Å². The first kappa shape index (κ1) is 16.7. The van der Waals surface area contributed by atoms with Crippen molar-refractivity contribution < 1.29 is 19.5 Å². The average molecular weight is 261 g/mol. The van der Waals surface area contributed by atoms with Crippen LogP contribution in [-0.2, 0) is 14.3 Å². The zero-order valence-corrected chi connectivity index (χ0v) is 11.3. The van der Waals surface area contributed by atoms with Gasteiger partial charge in [0.1, 0.15) is 0 Å². The monoisotopic (exact) mass is 261 g/mol. The molecule has 1 atom stereocenters. The first-order chi connectivity index (χ1) is 8.62. The number of nitrogens with zero attached hydrogens (tertiary/aromatic N) is 2. The largest absolute Gasteiger partial charge is 0.409 e. The molecule has 1 amide bonds. The Bertz CT molecular complexity index is 263. The number of oxime groups is 1. The summed E-state index contributed by atoms with van der Waals surface area (Å²) in [6, 6.07) is 0. The maximum absolute atomic E-state index is 12.2. The molecule has 0 aromatic heterocycles. The van der Waals surface area contributed by atoms with Crippen LogP contribution in [-0.4, -0.2) is 62.4 Å². The molecule has 7 heteroatoms. The number of ether oxygens (including phenoxy) is 2. The van der Waals surface area contributed by atoms with Gasteiger partial charge in [0.25, 0.3) is 0 Å². The van der Waals surface area contributed by atoms with Crippen molar-refractivity contribution in [3.05, 3.63) is 0 Å². The second-order valence-electron chi connectivity index (χ2n) is 3.80. The van der Waals surface area contributed by atoms with Gasteiger partial charge in [-0.2, -0.15) is 0 Å². The maximum Gasteiger partial charge on any atom is 0.233 e. The summed E-state index contributed by atoms with van der Waals surface area (Å²) >= 11 is 0. The van der Waals surface area contributed by atoms with Gasteiger partial charge in [-0.1, -0.05) is 12.1 Å². The normalized spacial score (nSPS) is 13.4. The molecule has 0 bridgehead atoms. The van der Waals surface area contributed by atoms with E-state index in [2.05, 4.69) is 5.16 Å². The van der Waals surface area contributed by atoms with Crippen molar-refractivity contribution in [2.24, 2.45) is 16.8 Å². The van der Waals surface area contributed by atoms with Crippen LogP contribution in [0.5, 0.6) is 0 Å². The van der Waals surface area contributed by atoms with Crippen molar-refractivity contribution in [2.45, 2.75) is 13.3 Å². The predicted octanol–water partition coefficient (Wildman–Crippen LogP) is -0.120. The molecule has 18 heavy (non-hydrogen) atoms. The Balaban J connectivity index is 4.68. The van der Waals surface area contributed by atoms with Crippen LogP contribution in [0.1, 0.15) is 13.3 Å². The predicted molar refractivity (Wildman–Crippen MR) is 67.5 cm³/mol. The molecule has 0 saturated heterocycles. The molecular formula is C11H23N3O4. The molecule has 0 spiro atoms. The third-order valence-corrected chi connectivity index (χ3v) is 2.62. The molecule has 0 rings (SSSR count). The summed E-state index contributed by atoms with van der Waals surface area (Å²) in [6.07, 6.45) is 0.477. The fourth-order valence-electron chi connectivity index (χ4n) is 1.54. The molecule has 0 radical (unpaired) electrons. The Morgan fingerprint density at radius 2 is 1.83 bits per heavy atom. The molecule has 3 N–H and O–H groups in total. The molecule has 1 unspecified atom stereocenters. The molecule has 0 aliphatic carbocycles. The van der Waals surface area contributed by atoms with Crippen LogP contribution in [0.25, 0.3) is 0 Å². The highest BCUT2D eigenvalue weighted by molar-refractivity contribution is 6.02. The van der Waals surface area contributed by atoms with E-state index in [4.69, 9.17) is 20.4 Å². The van der Waals surface area contributed by atoms with E-state index >= 15 is 0 Å². The van der Waals surface area contributed by atoms with Gasteiger partial charge < -0.3 is 25.3 Å². The standard InChI is InChI=1S/C11H23N3O4/c1-4-9(10(12)13-16)11(15)14(5-7-17-2)6-8-18-3/h9,16H,4-8H2,1-3H3,(H2,12,13). The number of hydrogen-bond acceptors (Lipinski definition) is 5. The van der Waals surface area contributed by atoms with Gasteiger partial charge in [0, 0.05) is 27.3 Å². The number of amides is 1. The number of carbonyl (C=O) groups is 1. The SMILES string of the molecule is CCC(C(=O)N(CCOC)CCOC)C(N)=NO. The van der Waals surface area contributed by atoms with Crippen LogP contribution >= 0.6 is 0 Å². The first-order valence-corrected chi connectivity index (χ1v) is 5.86. The van der Waals surface area contributed by atoms with Crippen LogP contribution in [0.2, 0.25) is 0 Å². The van der Waals surface area contributed by atoms with E-state index in [0.29, 0.717) is 32.7 Å². The highest BCUT2D eigenvalue weighted by atomic mass is 16.5. The smallest absolute Gasteiger partial charge is 0.233 e. The number of methoxy groups -OCH3 is 2. The lowest BCUT2D eigenvalue weighted by Gasteiger charge is -2.25. The fraction of sp³-hybridized carbons (Fsp3) is 0.818. The van der Waals surface area contributed by atoms with Gasteiger partial charge in [0.15, 0.2) is 5.84 Å². The summed E-state index contributed by atoms with van der Waals surface area (Å²) in [7, 11) is 3.14. The molecule has 0 aromatic rings. The molecule has 0 heterocycles. The van der Waals surface area contributed by atoms with E-state index in [1.165, 1.54) is 0 Å². The van der Waals surface area contributed by atoms with Gasteiger partial charge in [-0.05, 0) is 6.42 Å². The fourth-order valence-corrected chi connectivity index (χ4v) is 1.54. The van der Waals surface area contributed by atoms with Gasteiger partial charge in [-0.3, -0.25) is 4.79 Å². The van der Waals surface area contributed by atoms with Crippen molar-refractivity contribution in [2.75, 3.05) is 40.5 Å². The summed E-state index contributed by atoms with van der Waals surface area (Å²) < 4.78 is 9.91. The Labute approximate surface area is 108 Å². The van der Waals surface area contributed by atoms with Crippen LogP contribution in [0, 0.1) is 5.92 Å². The number of nitrogens with two attached hydrogens (primary N) is 1. The minimum Gasteiger partial charge on any atom is -0.409 e. The zero-order chi connectivity index (χ0) is 14.0. The lowest BCUT2D eigenvalue weighted by Crippen LogP contribution is -2.44. The van der Waals surface area contributed by atoms with Crippen molar-refractivity contribution in [3.8, 4) is 0 Å². The number of amidine groups is 1. The van der Waals surface area contributed by atoms with Crippen LogP contribution < -0.4 is 5.73 Å². The summed E-state index contributed by atoms with van der Waals surface area (Å²) in [5.74, 6) is -0.854. The topological polar surface area (TPSA) is 97.4 Å². The van der Waals surface area contributed by atoms with Crippen molar-refractivity contribution in [1.29, 1.82) is 0 Å². The van der Waals surface area contributed by atoms with Gasteiger partial charge in [-0.15, -0.1) is 0 Å². The van der Waals surface area contributed by atoms with E-state index in [1.807, 2.05) is 6.92 Å². The van der Waals surface area contributed by atoms with E-state index in [-0.39, 0.29) is 11.7 Å².